The van der Waals surface area contributed by atoms with Crippen LogP contribution < -0.4 is 0 Å². The maximum Gasteiger partial charge on any atom is 0.196 e. The number of hydrogen-bond acceptors (Lipinski definition) is 3. The van der Waals surface area contributed by atoms with E-state index >= 15 is 0 Å². The highest BCUT2D eigenvalue weighted by Gasteiger charge is 2.17. The first-order valence-corrected chi connectivity index (χ1v) is 7.54. The first kappa shape index (κ1) is 12.7. The summed E-state index contributed by atoms with van der Waals surface area (Å²) in [6.45, 7) is 2.93. The zero-order valence-electron chi connectivity index (χ0n) is 11.6. The van der Waals surface area contributed by atoms with Crippen LogP contribution in [0.2, 0.25) is 0 Å². The maximum absolute atomic E-state index is 5.12. The van der Waals surface area contributed by atoms with E-state index in [1.54, 1.807) is 0 Å². The molecule has 2 N–H and O–H groups in total. The zero-order chi connectivity index (χ0) is 14.2. The second-order valence-corrected chi connectivity index (χ2v) is 5.94. The Bertz CT molecular complexity index is 849. The van der Waals surface area contributed by atoms with Crippen molar-refractivity contribution >= 4 is 23.1 Å². The Morgan fingerprint density at radius 3 is 3.19 bits per heavy atom. The smallest absolute Gasteiger partial charge is 0.196 e. The number of fused-ring (bicyclic) bond motifs is 2. The predicted octanol–water partition coefficient (Wildman–Crippen LogP) is 3.18. The van der Waals surface area contributed by atoms with Crippen molar-refractivity contribution in [2.75, 3.05) is 6.54 Å². The summed E-state index contributed by atoms with van der Waals surface area (Å²) in [5, 5.41) is 1.27. The van der Waals surface area contributed by atoms with Gasteiger partial charge in [-0.25, -0.2) is 4.98 Å². The standard InChI is InChI=1S/C16H16N4S/c21-16-18-8-13-4-6-20(10-15(13)19-16)9-11-1-2-14-12(7-11)3-5-17-14/h1-3,5,7-8,17H,4,6,9-10H2,(H,18,19,21). The van der Waals surface area contributed by atoms with Crippen LogP contribution >= 0.6 is 12.2 Å². The van der Waals surface area contributed by atoms with Crippen molar-refractivity contribution in [1.29, 1.82) is 0 Å². The molecular formula is C16H16N4S. The molecule has 0 aliphatic carbocycles. The Balaban J connectivity index is 1.56. The van der Waals surface area contributed by atoms with Gasteiger partial charge in [0.15, 0.2) is 4.77 Å². The Kier molecular flexibility index (Phi) is 3.09. The summed E-state index contributed by atoms with van der Waals surface area (Å²) in [4.78, 5) is 13.1. The molecule has 1 aliphatic rings. The molecule has 5 heteroatoms. The van der Waals surface area contributed by atoms with Crippen molar-refractivity contribution < 1.29 is 0 Å². The van der Waals surface area contributed by atoms with E-state index in [1.807, 2.05) is 12.4 Å². The number of benzene rings is 1. The summed E-state index contributed by atoms with van der Waals surface area (Å²) in [6, 6.07) is 8.73. The van der Waals surface area contributed by atoms with E-state index in [9.17, 15) is 0 Å². The van der Waals surface area contributed by atoms with E-state index in [0.29, 0.717) is 4.77 Å². The van der Waals surface area contributed by atoms with E-state index in [0.717, 1.165) is 26.1 Å². The normalized spacial score (nSPS) is 15.2. The summed E-state index contributed by atoms with van der Waals surface area (Å²) >= 11 is 5.12. The van der Waals surface area contributed by atoms with Crippen LogP contribution in [0.15, 0.2) is 36.7 Å². The van der Waals surface area contributed by atoms with Crippen molar-refractivity contribution in [3.05, 3.63) is 58.3 Å². The van der Waals surface area contributed by atoms with Gasteiger partial charge in [0.1, 0.15) is 0 Å². The predicted molar refractivity (Wildman–Crippen MR) is 85.5 cm³/mol. The Morgan fingerprint density at radius 2 is 2.24 bits per heavy atom. The maximum atomic E-state index is 5.12. The fraction of sp³-hybridized carbons (Fsp3) is 0.250. The molecule has 0 amide bonds. The van der Waals surface area contributed by atoms with Gasteiger partial charge >= 0.3 is 0 Å². The van der Waals surface area contributed by atoms with Gasteiger partial charge in [0.05, 0.1) is 0 Å². The highest BCUT2D eigenvalue weighted by atomic mass is 32.1. The number of aromatic amines is 2. The summed E-state index contributed by atoms with van der Waals surface area (Å²) in [5.41, 5.74) is 5.04. The molecule has 3 aromatic rings. The molecule has 106 valence electrons. The monoisotopic (exact) mass is 296 g/mol. The molecular weight excluding hydrogens is 280 g/mol. The first-order valence-electron chi connectivity index (χ1n) is 7.13. The lowest BCUT2D eigenvalue weighted by Crippen LogP contribution is -2.30. The van der Waals surface area contributed by atoms with E-state index in [2.05, 4.69) is 44.1 Å². The molecule has 1 aliphatic heterocycles. The first-order chi connectivity index (χ1) is 10.3. The van der Waals surface area contributed by atoms with Crippen LogP contribution in [0.3, 0.4) is 0 Å². The van der Waals surface area contributed by atoms with Crippen LogP contribution in [0.4, 0.5) is 0 Å². The average Bonchev–Trinajstić information content (AvgIpc) is 2.94. The van der Waals surface area contributed by atoms with E-state index in [-0.39, 0.29) is 0 Å². The fourth-order valence-electron chi connectivity index (χ4n) is 2.99. The summed E-state index contributed by atoms with van der Waals surface area (Å²) in [7, 11) is 0. The van der Waals surface area contributed by atoms with Crippen molar-refractivity contribution in [2.24, 2.45) is 0 Å². The third-order valence-corrected chi connectivity index (χ3v) is 4.29. The highest BCUT2D eigenvalue weighted by Crippen LogP contribution is 2.20. The van der Waals surface area contributed by atoms with Crippen molar-refractivity contribution in [1.82, 2.24) is 19.9 Å². The van der Waals surface area contributed by atoms with Crippen LogP contribution in [-0.4, -0.2) is 26.4 Å². The molecule has 0 fully saturated rings. The lowest BCUT2D eigenvalue weighted by atomic mass is 10.1. The molecule has 21 heavy (non-hydrogen) atoms. The van der Waals surface area contributed by atoms with Gasteiger partial charge in [-0.3, -0.25) is 4.90 Å². The number of hydrogen-bond donors (Lipinski definition) is 2. The Labute approximate surface area is 127 Å². The minimum atomic E-state index is 0.573. The fourth-order valence-corrected chi connectivity index (χ4v) is 3.16. The van der Waals surface area contributed by atoms with Crippen LogP contribution in [0.5, 0.6) is 0 Å². The SMILES string of the molecule is S=c1ncc2c([nH]1)CN(Cc1ccc3[nH]ccc3c1)CC2. The van der Waals surface area contributed by atoms with E-state index in [1.165, 1.54) is 27.7 Å². The molecule has 0 saturated heterocycles. The molecule has 0 saturated carbocycles. The Hall–Kier alpha value is -1.98. The summed E-state index contributed by atoms with van der Waals surface area (Å²) in [6.07, 6.45) is 4.93. The topological polar surface area (TPSA) is 47.7 Å². The number of rotatable bonds is 2. The van der Waals surface area contributed by atoms with Gasteiger partial charge in [-0.2, -0.15) is 0 Å². The summed E-state index contributed by atoms with van der Waals surface area (Å²) in [5.74, 6) is 0. The van der Waals surface area contributed by atoms with E-state index in [4.69, 9.17) is 12.2 Å². The number of H-pyrrole nitrogens is 2. The minimum absolute atomic E-state index is 0.573. The van der Waals surface area contributed by atoms with Crippen molar-refractivity contribution in [2.45, 2.75) is 19.5 Å². The van der Waals surface area contributed by atoms with Gasteiger partial charge in [-0.15, -0.1) is 0 Å². The zero-order valence-corrected chi connectivity index (χ0v) is 12.4. The third kappa shape index (κ3) is 2.50. The molecule has 3 heterocycles. The molecule has 0 spiro atoms. The lowest BCUT2D eigenvalue weighted by Gasteiger charge is -2.28. The van der Waals surface area contributed by atoms with E-state index < -0.39 is 0 Å². The van der Waals surface area contributed by atoms with Gasteiger partial charge in [0.25, 0.3) is 0 Å². The van der Waals surface area contributed by atoms with Crippen molar-refractivity contribution in [3.63, 3.8) is 0 Å². The van der Waals surface area contributed by atoms with Crippen LogP contribution in [-0.2, 0) is 19.5 Å². The molecule has 2 aromatic heterocycles. The molecule has 0 bridgehead atoms. The van der Waals surface area contributed by atoms with Crippen LogP contribution in [0.1, 0.15) is 16.8 Å². The lowest BCUT2D eigenvalue weighted by molar-refractivity contribution is 0.241. The van der Waals surface area contributed by atoms with Crippen LogP contribution in [0, 0.1) is 4.77 Å². The quantitative estimate of drug-likeness (QED) is 0.714. The van der Waals surface area contributed by atoms with Crippen LogP contribution in [0.25, 0.3) is 10.9 Å². The van der Waals surface area contributed by atoms with Gasteiger partial charge < -0.3 is 9.97 Å². The minimum Gasteiger partial charge on any atom is -0.361 e. The molecule has 0 unspecified atom stereocenters. The number of nitrogens with zero attached hydrogens (tertiary/aromatic N) is 2. The largest absolute Gasteiger partial charge is 0.361 e. The number of aromatic nitrogens is 3. The molecule has 4 nitrogen and oxygen atoms in total. The van der Waals surface area contributed by atoms with Crippen molar-refractivity contribution in [3.8, 4) is 0 Å². The van der Waals surface area contributed by atoms with Gasteiger partial charge in [0, 0.05) is 43.2 Å². The molecule has 1 aromatic carbocycles. The Morgan fingerprint density at radius 1 is 1.29 bits per heavy atom. The average molecular weight is 296 g/mol. The van der Waals surface area contributed by atoms with Gasteiger partial charge in [0.2, 0.25) is 0 Å². The molecule has 4 rings (SSSR count). The highest BCUT2D eigenvalue weighted by molar-refractivity contribution is 7.71. The molecule has 0 atom stereocenters. The summed E-state index contributed by atoms with van der Waals surface area (Å²) < 4.78 is 0.573. The number of nitrogens with one attached hydrogen (secondary N) is 2. The van der Waals surface area contributed by atoms with Gasteiger partial charge in [-0.1, -0.05) is 6.07 Å². The van der Waals surface area contributed by atoms with Gasteiger partial charge in [-0.05, 0) is 53.4 Å². The third-order valence-electron chi connectivity index (χ3n) is 4.09. The second-order valence-electron chi connectivity index (χ2n) is 5.55. The second kappa shape index (κ2) is 5.09. The molecule has 0 radical (unpaired) electrons.